The summed E-state index contributed by atoms with van der Waals surface area (Å²) in [5.74, 6) is -1.57. The number of carbonyl (C=O) groups excluding carboxylic acids is 1. The monoisotopic (exact) mass is 548 g/mol. The van der Waals surface area contributed by atoms with Crippen molar-refractivity contribution in [3.8, 4) is 11.3 Å². The molecule has 0 saturated heterocycles. The zero-order valence-corrected chi connectivity index (χ0v) is 20.4. The Morgan fingerprint density at radius 2 is 1.80 bits per heavy atom. The Kier molecular flexibility index (Phi) is 7.07. The van der Waals surface area contributed by atoms with Crippen LogP contribution in [0.25, 0.3) is 11.3 Å². The molecule has 0 fully saturated rings. The number of hydrogen-bond donors (Lipinski definition) is 2. The lowest BCUT2D eigenvalue weighted by Crippen LogP contribution is -2.13. The highest BCUT2D eigenvalue weighted by molar-refractivity contribution is 9.10. The van der Waals surface area contributed by atoms with Gasteiger partial charge >= 0.3 is 12.1 Å². The molecule has 0 radical (unpaired) electrons. The second kappa shape index (κ2) is 9.89. The number of rotatable bonds is 7. The van der Waals surface area contributed by atoms with Gasteiger partial charge in [-0.2, -0.15) is 13.2 Å². The summed E-state index contributed by atoms with van der Waals surface area (Å²) in [6.45, 7) is 0.164. The van der Waals surface area contributed by atoms with Crippen molar-refractivity contribution >= 4 is 27.8 Å². The number of benzene rings is 2. The van der Waals surface area contributed by atoms with E-state index in [9.17, 15) is 27.9 Å². The summed E-state index contributed by atoms with van der Waals surface area (Å²) >= 11 is 3.69. The van der Waals surface area contributed by atoms with Crippen LogP contribution in [0.4, 0.5) is 13.2 Å². The molecule has 4 rings (SSSR count). The zero-order chi connectivity index (χ0) is 25.3. The lowest BCUT2D eigenvalue weighted by atomic mass is 9.96. The number of nitrogens with zero attached hydrogens (tertiary/aromatic N) is 1. The van der Waals surface area contributed by atoms with E-state index < -0.39 is 23.6 Å². The van der Waals surface area contributed by atoms with Gasteiger partial charge in [-0.3, -0.25) is 4.79 Å². The third-order valence-corrected chi connectivity index (χ3v) is 7.19. The van der Waals surface area contributed by atoms with Gasteiger partial charge in [-0.05, 0) is 89.0 Å². The number of aromatic nitrogens is 1. The highest BCUT2D eigenvalue weighted by atomic mass is 79.9. The fourth-order valence-electron chi connectivity index (χ4n) is 4.68. The van der Waals surface area contributed by atoms with Gasteiger partial charge in [0.15, 0.2) is 0 Å². The molecule has 5 nitrogen and oxygen atoms in total. The number of nitrogens with two attached hydrogens (primary N) is 1. The SMILES string of the molecule is NC(=O)CCc1ccc(C(=O)O)c(-c2c(Br)c3c(n2Cc2cccc(C(F)(F)F)c2)CCCC3)c1. The zero-order valence-electron chi connectivity index (χ0n) is 18.8. The van der Waals surface area contributed by atoms with E-state index in [0.717, 1.165) is 59.1 Å². The first kappa shape index (κ1) is 25.0. The molecule has 0 unspecified atom stereocenters. The van der Waals surface area contributed by atoms with Crippen molar-refractivity contribution in [2.24, 2.45) is 5.73 Å². The minimum absolute atomic E-state index is 0.0775. The molecule has 2 aromatic carbocycles. The summed E-state index contributed by atoms with van der Waals surface area (Å²) in [5, 5.41) is 9.91. The van der Waals surface area contributed by atoms with E-state index in [1.54, 1.807) is 18.2 Å². The van der Waals surface area contributed by atoms with Crippen LogP contribution in [-0.4, -0.2) is 21.6 Å². The number of halogens is 4. The van der Waals surface area contributed by atoms with Crippen molar-refractivity contribution in [2.75, 3.05) is 0 Å². The second-order valence-electron chi connectivity index (χ2n) is 8.73. The Hall–Kier alpha value is -3.07. The van der Waals surface area contributed by atoms with Crippen LogP contribution in [-0.2, 0) is 36.8 Å². The van der Waals surface area contributed by atoms with Gasteiger partial charge in [-0.1, -0.05) is 18.2 Å². The molecule has 0 aliphatic heterocycles. The van der Waals surface area contributed by atoms with E-state index in [4.69, 9.17) is 5.73 Å². The lowest BCUT2D eigenvalue weighted by molar-refractivity contribution is -0.137. The number of amides is 1. The maximum atomic E-state index is 13.3. The molecule has 184 valence electrons. The molecule has 0 saturated carbocycles. The molecule has 1 amide bonds. The summed E-state index contributed by atoms with van der Waals surface area (Å²) < 4.78 is 42.7. The highest BCUT2D eigenvalue weighted by Gasteiger charge is 2.31. The lowest BCUT2D eigenvalue weighted by Gasteiger charge is -2.19. The second-order valence-corrected chi connectivity index (χ2v) is 9.52. The molecule has 0 atom stereocenters. The number of aromatic carboxylic acids is 1. The van der Waals surface area contributed by atoms with Gasteiger partial charge < -0.3 is 15.4 Å². The number of primary amides is 1. The average molecular weight is 549 g/mol. The summed E-state index contributed by atoms with van der Waals surface area (Å²) in [6.07, 6.45) is -0.526. The first-order chi connectivity index (χ1) is 16.6. The minimum Gasteiger partial charge on any atom is -0.478 e. The van der Waals surface area contributed by atoms with E-state index in [0.29, 0.717) is 23.2 Å². The molecule has 3 aromatic rings. The topological polar surface area (TPSA) is 85.3 Å². The summed E-state index contributed by atoms with van der Waals surface area (Å²) in [4.78, 5) is 23.4. The van der Waals surface area contributed by atoms with Gasteiger partial charge in [0.25, 0.3) is 0 Å². The molecule has 3 N–H and O–H groups in total. The minimum atomic E-state index is -4.46. The molecule has 1 aliphatic rings. The summed E-state index contributed by atoms with van der Waals surface area (Å²) in [6, 6.07) is 10.1. The van der Waals surface area contributed by atoms with Crippen molar-refractivity contribution in [3.63, 3.8) is 0 Å². The van der Waals surface area contributed by atoms with E-state index in [1.165, 1.54) is 12.1 Å². The number of fused-ring (bicyclic) bond motifs is 1. The quantitative estimate of drug-likeness (QED) is 0.381. The van der Waals surface area contributed by atoms with Crippen molar-refractivity contribution < 1.29 is 27.9 Å². The molecule has 9 heteroatoms. The van der Waals surface area contributed by atoms with E-state index >= 15 is 0 Å². The van der Waals surface area contributed by atoms with Crippen LogP contribution in [0.15, 0.2) is 46.9 Å². The van der Waals surface area contributed by atoms with Gasteiger partial charge in [0.2, 0.25) is 5.91 Å². The normalized spacial score (nSPS) is 13.5. The van der Waals surface area contributed by atoms with Crippen LogP contribution >= 0.6 is 15.9 Å². The third-order valence-electron chi connectivity index (χ3n) is 6.33. The maximum absolute atomic E-state index is 13.3. The van der Waals surface area contributed by atoms with Crippen molar-refractivity contribution in [3.05, 3.63) is 80.4 Å². The van der Waals surface area contributed by atoms with Crippen molar-refractivity contribution in [1.29, 1.82) is 0 Å². The van der Waals surface area contributed by atoms with Gasteiger partial charge in [-0.25, -0.2) is 4.79 Å². The largest absolute Gasteiger partial charge is 0.478 e. The van der Waals surface area contributed by atoms with Crippen molar-refractivity contribution in [2.45, 2.75) is 51.2 Å². The molecule has 0 spiro atoms. The fourth-order valence-corrected chi connectivity index (χ4v) is 5.54. The van der Waals surface area contributed by atoms with E-state index in [-0.39, 0.29) is 18.5 Å². The van der Waals surface area contributed by atoms with Crippen molar-refractivity contribution in [1.82, 2.24) is 4.57 Å². The number of carbonyl (C=O) groups is 2. The Morgan fingerprint density at radius 1 is 1.06 bits per heavy atom. The predicted molar refractivity (Wildman–Crippen MR) is 129 cm³/mol. The molecular weight excluding hydrogens is 525 g/mol. The van der Waals surface area contributed by atoms with Gasteiger partial charge in [-0.15, -0.1) is 0 Å². The Balaban J connectivity index is 1.89. The number of hydrogen-bond acceptors (Lipinski definition) is 2. The smallest absolute Gasteiger partial charge is 0.416 e. The van der Waals surface area contributed by atoms with Crippen LogP contribution in [0.5, 0.6) is 0 Å². The number of aryl methyl sites for hydroxylation is 1. The molecule has 35 heavy (non-hydrogen) atoms. The van der Waals surface area contributed by atoms with Gasteiger partial charge in [0.05, 0.1) is 16.8 Å². The summed E-state index contributed by atoms with van der Waals surface area (Å²) in [7, 11) is 0. The Morgan fingerprint density at radius 3 is 2.49 bits per heavy atom. The van der Waals surface area contributed by atoms with E-state index in [2.05, 4.69) is 15.9 Å². The van der Waals surface area contributed by atoms with Crippen LogP contribution in [0.3, 0.4) is 0 Å². The van der Waals surface area contributed by atoms with Gasteiger partial charge in [0, 0.05) is 28.7 Å². The number of alkyl halides is 3. The molecule has 1 aromatic heterocycles. The van der Waals surface area contributed by atoms with Crippen LogP contribution in [0.2, 0.25) is 0 Å². The molecule has 1 aliphatic carbocycles. The molecule has 0 bridgehead atoms. The first-order valence-electron chi connectivity index (χ1n) is 11.3. The fraction of sp³-hybridized carbons (Fsp3) is 0.308. The van der Waals surface area contributed by atoms with E-state index in [1.807, 2.05) is 4.57 Å². The first-order valence-corrected chi connectivity index (χ1v) is 12.1. The van der Waals surface area contributed by atoms with Crippen LogP contribution < -0.4 is 5.73 Å². The Labute approximate surface area is 208 Å². The standard InChI is InChI=1S/C26H24BrF3N2O3/c27-23-19-6-1-2-7-21(19)32(14-16-4-3-5-17(12-16)26(28,29)30)24(23)20-13-15(9-11-22(31)33)8-10-18(20)25(34)35/h3-5,8,10,12-13H,1-2,6-7,9,11,14H2,(H2,31,33)(H,34,35). The summed E-state index contributed by atoms with van der Waals surface area (Å²) in [5.41, 5.74) is 8.98. The Bertz CT molecular complexity index is 1300. The maximum Gasteiger partial charge on any atom is 0.416 e. The number of carboxylic acid groups (broad SMARTS) is 1. The molecule has 1 heterocycles. The van der Waals surface area contributed by atoms with Crippen LogP contribution in [0.1, 0.15) is 57.6 Å². The highest BCUT2D eigenvalue weighted by Crippen LogP contribution is 2.42. The van der Waals surface area contributed by atoms with Gasteiger partial charge in [0.1, 0.15) is 0 Å². The number of carboxylic acids is 1. The van der Waals surface area contributed by atoms with Crippen LogP contribution in [0, 0.1) is 0 Å². The third kappa shape index (κ3) is 5.29. The predicted octanol–water partition coefficient (Wildman–Crippen LogP) is 5.98. The molecular formula is C26H24BrF3N2O3. The average Bonchev–Trinajstić information content (AvgIpc) is 3.08.